The molecular formula is C21H20O2. The van der Waals surface area contributed by atoms with Gasteiger partial charge in [-0.25, -0.2) is 4.79 Å². The second-order valence-electron chi connectivity index (χ2n) is 6.60. The van der Waals surface area contributed by atoms with E-state index in [0.29, 0.717) is 0 Å². The van der Waals surface area contributed by atoms with E-state index >= 15 is 0 Å². The van der Waals surface area contributed by atoms with E-state index in [0.717, 1.165) is 27.1 Å². The van der Waals surface area contributed by atoms with Crippen LogP contribution in [0.2, 0.25) is 0 Å². The minimum Gasteiger partial charge on any atom is -0.457 e. The Balaban J connectivity index is 2.12. The summed E-state index contributed by atoms with van der Waals surface area (Å²) in [7, 11) is 0. The molecule has 2 nitrogen and oxygen atoms in total. The highest BCUT2D eigenvalue weighted by Crippen LogP contribution is 2.29. The van der Waals surface area contributed by atoms with Crippen molar-refractivity contribution in [3.63, 3.8) is 0 Å². The minimum atomic E-state index is -0.484. The molecule has 0 amide bonds. The summed E-state index contributed by atoms with van der Waals surface area (Å²) in [4.78, 5) is 12.0. The monoisotopic (exact) mass is 304 g/mol. The van der Waals surface area contributed by atoms with Crippen LogP contribution in [-0.4, -0.2) is 11.6 Å². The molecule has 0 aliphatic rings. The smallest absolute Gasteiger partial charge is 0.331 e. The van der Waals surface area contributed by atoms with Crippen LogP contribution in [0.5, 0.6) is 0 Å². The molecule has 0 aliphatic carbocycles. The van der Waals surface area contributed by atoms with Gasteiger partial charge in [0.2, 0.25) is 0 Å². The number of benzene rings is 3. The molecular weight excluding hydrogens is 284 g/mol. The largest absolute Gasteiger partial charge is 0.457 e. The van der Waals surface area contributed by atoms with Gasteiger partial charge >= 0.3 is 5.97 Å². The van der Waals surface area contributed by atoms with Gasteiger partial charge in [0, 0.05) is 6.08 Å². The van der Waals surface area contributed by atoms with Crippen molar-refractivity contribution in [2.24, 2.45) is 0 Å². The molecule has 0 aliphatic heterocycles. The third kappa shape index (κ3) is 3.42. The molecule has 0 aromatic heterocycles. The maximum Gasteiger partial charge on any atom is 0.331 e. The van der Waals surface area contributed by atoms with Crippen molar-refractivity contribution in [2.45, 2.75) is 26.4 Å². The Kier molecular flexibility index (Phi) is 3.91. The van der Waals surface area contributed by atoms with Gasteiger partial charge in [0.05, 0.1) is 0 Å². The number of hydrogen-bond donors (Lipinski definition) is 0. The molecule has 0 unspecified atom stereocenters. The molecule has 3 rings (SSSR count). The standard InChI is InChI=1S/C21H20O2/c1-21(2,3)23-20(22)13-12-19-17-10-6-4-8-15(17)14-16-9-5-7-11-18(16)19/h4-14H,1-3H3/b13-12-. The first-order valence-electron chi connectivity index (χ1n) is 7.76. The fraction of sp³-hybridized carbons (Fsp3) is 0.190. The van der Waals surface area contributed by atoms with Crippen LogP contribution in [0.15, 0.2) is 60.7 Å². The lowest BCUT2D eigenvalue weighted by Gasteiger charge is -2.18. The molecule has 0 saturated carbocycles. The van der Waals surface area contributed by atoms with Gasteiger partial charge in [0.25, 0.3) is 0 Å². The molecule has 2 heteroatoms. The highest BCUT2D eigenvalue weighted by Gasteiger charge is 2.14. The predicted octanol–water partition coefficient (Wildman–Crippen LogP) is 5.35. The van der Waals surface area contributed by atoms with E-state index < -0.39 is 5.60 Å². The number of ether oxygens (including phenoxy) is 1. The number of hydrogen-bond acceptors (Lipinski definition) is 2. The van der Waals surface area contributed by atoms with Crippen LogP contribution in [0.1, 0.15) is 26.3 Å². The van der Waals surface area contributed by atoms with Crippen molar-refractivity contribution in [1.29, 1.82) is 0 Å². The molecule has 3 aromatic carbocycles. The number of rotatable bonds is 2. The van der Waals surface area contributed by atoms with Crippen LogP contribution < -0.4 is 0 Å². The summed E-state index contributed by atoms with van der Waals surface area (Å²) < 4.78 is 5.36. The SMILES string of the molecule is CC(C)(C)OC(=O)/C=C\c1c2ccccc2cc2ccccc12. The normalized spacial score (nSPS) is 12.1. The van der Waals surface area contributed by atoms with Gasteiger partial charge in [-0.05, 0) is 60.0 Å². The molecule has 0 N–H and O–H groups in total. The van der Waals surface area contributed by atoms with Crippen LogP contribution in [0.25, 0.3) is 27.6 Å². The van der Waals surface area contributed by atoms with Gasteiger partial charge in [0.15, 0.2) is 0 Å². The summed E-state index contributed by atoms with van der Waals surface area (Å²) in [6.45, 7) is 5.60. The fourth-order valence-corrected chi connectivity index (χ4v) is 2.72. The molecule has 3 aromatic rings. The highest BCUT2D eigenvalue weighted by molar-refractivity contribution is 6.08. The molecule has 0 fully saturated rings. The zero-order valence-electron chi connectivity index (χ0n) is 13.7. The van der Waals surface area contributed by atoms with Crippen LogP contribution in [-0.2, 0) is 9.53 Å². The zero-order valence-corrected chi connectivity index (χ0v) is 13.7. The molecule has 0 bridgehead atoms. The first-order chi connectivity index (χ1) is 10.9. The van der Waals surface area contributed by atoms with Gasteiger partial charge in [-0.15, -0.1) is 0 Å². The summed E-state index contributed by atoms with van der Waals surface area (Å²) >= 11 is 0. The lowest BCUT2D eigenvalue weighted by molar-refractivity contribution is -0.148. The zero-order chi connectivity index (χ0) is 16.4. The average molecular weight is 304 g/mol. The Hall–Kier alpha value is -2.61. The van der Waals surface area contributed by atoms with Crippen molar-refractivity contribution < 1.29 is 9.53 Å². The number of esters is 1. The molecule has 0 radical (unpaired) electrons. The first-order valence-corrected chi connectivity index (χ1v) is 7.76. The predicted molar refractivity (Wildman–Crippen MR) is 96.3 cm³/mol. The molecule has 116 valence electrons. The third-order valence-electron chi connectivity index (χ3n) is 3.61. The summed E-state index contributed by atoms with van der Waals surface area (Å²) in [6, 6.07) is 18.6. The van der Waals surface area contributed by atoms with Gasteiger partial charge in [-0.2, -0.15) is 0 Å². The Labute approximate surface area is 136 Å². The van der Waals surface area contributed by atoms with E-state index in [-0.39, 0.29) is 5.97 Å². The highest BCUT2D eigenvalue weighted by atomic mass is 16.6. The van der Waals surface area contributed by atoms with Crippen LogP contribution >= 0.6 is 0 Å². The number of carbonyl (C=O) groups is 1. The number of fused-ring (bicyclic) bond motifs is 2. The van der Waals surface area contributed by atoms with E-state index in [2.05, 4.69) is 30.3 Å². The summed E-state index contributed by atoms with van der Waals surface area (Å²) in [5, 5.41) is 4.59. The van der Waals surface area contributed by atoms with Crippen molar-refractivity contribution >= 4 is 33.6 Å². The van der Waals surface area contributed by atoms with Crippen molar-refractivity contribution in [3.05, 3.63) is 66.2 Å². The fourth-order valence-electron chi connectivity index (χ4n) is 2.72. The molecule has 0 atom stereocenters. The molecule has 0 spiro atoms. The minimum absolute atomic E-state index is 0.325. The Morgan fingerprint density at radius 1 is 0.913 bits per heavy atom. The summed E-state index contributed by atoms with van der Waals surface area (Å²) in [5.74, 6) is -0.325. The van der Waals surface area contributed by atoms with E-state index in [1.165, 1.54) is 6.08 Å². The van der Waals surface area contributed by atoms with Gasteiger partial charge in [-0.3, -0.25) is 0 Å². The van der Waals surface area contributed by atoms with Gasteiger partial charge in [0.1, 0.15) is 5.60 Å². The topological polar surface area (TPSA) is 26.3 Å². The van der Waals surface area contributed by atoms with Crippen molar-refractivity contribution in [2.75, 3.05) is 0 Å². The van der Waals surface area contributed by atoms with Crippen molar-refractivity contribution in [3.8, 4) is 0 Å². The van der Waals surface area contributed by atoms with Crippen molar-refractivity contribution in [1.82, 2.24) is 0 Å². The second kappa shape index (κ2) is 5.88. The van der Waals surface area contributed by atoms with Crippen LogP contribution in [0.3, 0.4) is 0 Å². The maximum atomic E-state index is 12.0. The maximum absolute atomic E-state index is 12.0. The van der Waals surface area contributed by atoms with Crippen LogP contribution in [0, 0.1) is 0 Å². The second-order valence-corrected chi connectivity index (χ2v) is 6.60. The molecule has 0 saturated heterocycles. The third-order valence-corrected chi connectivity index (χ3v) is 3.61. The summed E-state index contributed by atoms with van der Waals surface area (Å²) in [6.07, 6.45) is 3.37. The number of carbonyl (C=O) groups excluding carboxylic acids is 1. The van der Waals surface area contributed by atoms with E-state index in [9.17, 15) is 4.79 Å². The Morgan fingerprint density at radius 2 is 1.43 bits per heavy atom. The molecule has 0 heterocycles. The Bertz CT molecular complexity index is 844. The van der Waals surface area contributed by atoms with Crippen LogP contribution in [0.4, 0.5) is 0 Å². The van der Waals surface area contributed by atoms with Gasteiger partial charge in [-0.1, -0.05) is 48.5 Å². The molecule has 23 heavy (non-hydrogen) atoms. The van der Waals surface area contributed by atoms with Gasteiger partial charge < -0.3 is 4.74 Å². The lowest BCUT2D eigenvalue weighted by Crippen LogP contribution is -2.22. The summed E-state index contributed by atoms with van der Waals surface area (Å²) in [5.41, 5.74) is 0.562. The Morgan fingerprint density at radius 3 is 1.96 bits per heavy atom. The van der Waals surface area contributed by atoms with E-state index in [1.807, 2.05) is 51.1 Å². The lowest BCUT2D eigenvalue weighted by atomic mass is 9.96. The first kappa shape index (κ1) is 15.3. The van der Waals surface area contributed by atoms with E-state index in [1.54, 1.807) is 0 Å². The average Bonchev–Trinajstić information content (AvgIpc) is 2.49. The quantitative estimate of drug-likeness (QED) is 0.362. The van der Waals surface area contributed by atoms with E-state index in [4.69, 9.17) is 4.74 Å².